The number of carbonyl (C=O) groups is 1. The number of benzene rings is 1. The lowest BCUT2D eigenvalue weighted by molar-refractivity contribution is 0.0696. The van der Waals surface area contributed by atoms with Crippen LogP contribution in [0.5, 0.6) is 0 Å². The molecule has 0 fully saturated rings. The van der Waals surface area contributed by atoms with Gasteiger partial charge in [-0.3, -0.25) is 0 Å². The van der Waals surface area contributed by atoms with Crippen molar-refractivity contribution in [2.45, 2.75) is 11.0 Å². The van der Waals surface area contributed by atoms with Crippen molar-refractivity contribution in [3.05, 3.63) is 29.6 Å². The minimum absolute atomic E-state index is 0.385. The SMILES string of the molecule is O=C(O)c1ccc(F)c(S(=O)(=O)NCC(O)CO)c1. The summed E-state index contributed by atoms with van der Waals surface area (Å²) < 4.78 is 38.7. The summed E-state index contributed by atoms with van der Waals surface area (Å²) in [5.74, 6) is -2.51. The van der Waals surface area contributed by atoms with E-state index in [-0.39, 0.29) is 5.56 Å². The molecule has 0 aliphatic rings. The molecule has 0 aromatic heterocycles. The van der Waals surface area contributed by atoms with Crippen molar-refractivity contribution in [1.29, 1.82) is 0 Å². The zero-order valence-corrected chi connectivity index (χ0v) is 10.4. The summed E-state index contributed by atoms with van der Waals surface area (Å²) in [5, 5.41) is 26.3. The second-order valence-electron chi connectivity index (χ2n) is 3.64. The number of carboxylic acid groups (broad SMARTS) is 1. The fourth-order valence-corrected chi connectivity index (χ4v) is 2.36. The van der Waals surface area contributed by atoms with Crippen LogP contribution in [0.4, 0.5) is 4.39 Å². The molecule has 0 saturated carbocycles. The zero-order chi connectivity index (χ0) is 14.6. The van der Waals surface area contributed by atoms with Crippen molar-refractivity contribution in [3.63, 3.8) is 0 Å². The fourth-order valence-electron chi connectivity index (χ4n) is 1.19. The molecule has 0 amide bonds. The van der Waals surface area contributed by atoms with Crippen LogP contribution in [-0.4, -0.2) is 49.0 Å². The highest BCUT2D eigenvalue weighted by molar-refractivity contribution is 7.89. The molecule has 0 aliphatic heterocycles. The largest absolute Gasteiger partial charge is 0.478 e. The minimum Gasteiger partial charge on any atom is -0.478 e. The van der Waals surface area contributed by atoms with Gasteiger partial charge in [-0.15, -0.1) is 0 Å². The van der Waals surface area contributed by atoms with Crippen LogP contribution in [0.2, 0.25) is 0 Å². The molecule has 0 spiro atoms. The van der Waals surface area contributed by atoms with Gasteiger partial charge in [0, 0.05) is 6.54 Å². The molecule has 1 atom stereocenters. The van der Waals surface area contributed by atoms with Gasteiger partial charge in [-0.05, 0) is 18.2 Å². The van der Waals surface area contributed by atoms with Gasteiger partial charge in [-0.25, -0.2) is 22.3 Å². The number of hydrogen-bond donors (Lipinski definition) is 4. The third-order valence-electron chi connectivity index (χ3n) is 2.19. The summed E-state index contributed by atoms with van der Waals surface area (Å²) in [6, 6.07) is 2.32. The van der Waals surface area contributed by atoms with Crippen molar-refractivity contribution in [1.82, 2.24) is 4.72 Å². The predicted molar refractivity (Wildman–Crippen MR) is 61.6 cm³/mol. The van der Waals surface area contributed by atoms with Crippen molar-refractivity contribution in [2.75, 3.05) is 13.2 Å². The molecular weight excluding hydrogens is 281 g/mol. The topological polar surface area (TPSA) is 124 Å². The van der Waals surface area contributed by atoms with Gasteiger partial charge in [-0.2, -0.15) is 0 Å². The highest BCUT2D eigenvalue weighted by atomic mass is 32.2. The first-order chi connectivity index (χ1) is 8.77. The van der Waals surface area contributed by atoms with Crippen LogP contribution in [0.15, 0.2) is 23.1 Å². The number of nitrogens with one attached hydrogen (secondary N) is 1. The van der Waals surface area contributed by atoms with E-state index in [1.54, 1.807) is 0 Å². The maximum Gasteiger partial charge on any atom is 0.335 e. The number of halogens is 1. The number of aliphatic hydroxyl groups excluding tert-OH is 2. The molecule has 1 unspecified atom stereocenters. The summed E-state index contributed by atoms with van der Waals surface area (Å²) >= 11 is 0. The molecule has 4 N–H and O–H groups in total. The van der Waals surface area contributed by atoms with Crippen LogP contribution in [0.3, 0.4) is 0 Å². The van der Waals surface area contributed by atoms with E-state index in [1.807, 2.05) is 4.72 Å². The highest BCUT2D eigenvalue weighted by Gasteiger charge is 2.21. The van der Waals surface area contributed by atoms with Crippen LogP contribution in [0.1, 0.15) is 10.4 Å². The van der Waals surface area contributed by atoms with Crippen LogP contribution < -0.4 is 4.72 Å². The van der Waals surface area contributed by atoms with E-state index in [9.17, 15) is 17.6 Å². The van der Waals surface area contributed by atoms with Crippen molar-refractivity contribution >= 4 is 16.0 Å². The molecular formula is C10H12FNO6S. The Morgan fingerprint density at radius 3 is 2.58 bits per heavy atom. The van der Waals surface area contributed by atoms with E-state index >= 15 is 0 Å². The van der Waals surface area contributed by atoms with Gasteiger partial charge in [0.2, 0.25) is 10.0 Å². The molecule has 0 heterocycles. The quantitative estimate of drug-likeness (QED) is 0.542. The minimum atomic E-state index is -4.31. The van der Waals surface area contributed by atoms with Crippen molar-refractivity contribution in [3.8, 4) is 0 Å². The molecule has 0 radical (unpaired) electrons. The van der Waals surface area contributed by atoms with E-state index in [0.717, 1.165) is 12.1 Å². The molecule has 1 aromatic carbocycles. The number of sulfonamides is 1. The van der Waals surface area contributed by atoms with E-state index in [0.29, 0.717) is 6.07 Å². The first kappa shape index (κ1) is 15.5. The molecule has 7 nitrogen and oxygen atoms in total. The maximum absolute atomic E-state index is 13.4. The molecule has 0 saturated heterocycles. The van der Waals surface area contributed by atoms with Gasteiger partial charge in [0.1, 0.15) is 10.7 Å². The first-order valence-electron chi connectivity index (χ1n) is 5.09. The molecule has 0 aliphatic carbocycles. The number of aliphatic hydroxyl groups is 2. The Bertz CT molecular complexity index is 573. The number of hydrogen-bond acceptors (Lipinski definition) is 5. The zero-order valence-electron chi connectivity index (χ0n) is 9.58. The summed E-state index contributed by atoms with van der Waals surface area (Å²) in [6.07, 6.45) is -1.33. The molecule has 106 valence electrons. The van der Waals surface area contributed by atoms with Gasteiger partial charge in [0.15, 0.2) is 0 Å². The van der Waals surface area contributed by atoms with E-state index in [4.69, 9.17) is 15.3 Å². The first-order valence-corrected chi connectivity index (χ1v) is 6.57. The smallest absolute Gasteiger partial charge is 0.335 e. The second-order valence-corrected chi connectivity index (χ2v) is 5.37. The average Bonchev–Trinajstić information content (AvgIpc) is 2.36. The summed E-state index contributed by atoms with van der Waals surface area (Å²) in [6.45, 7) is -1.18. The lowest BCUT2D eigenvalue weighted by atomic mass is 10.2. The third kappa shape index (κ3) is 3.96. The Hall–Kier alpha value is -1.55. The number of carboxylic acids is 1. The molecule has 19 heavy (non-hydrogen) atoms. The maximum atomic E-state index is 13.4. The van der Waals surface area contributed by atoms with Gasteiger partial charge >= 0.3 is 5.97 Å². The van der Waals surface area contributed by atoms with Gasteiger partial charge < -0.3 is 15.3 Å². The Morgan fingerprint density at radius 1 is 1.42 bits per heavy atom. The monoisotopic (exact) mass is 293 g/mol. The van der Waals surface area contributed by atoms with Crippen molar-refractivity contribution < 1.29 is 32.9 Å². The normalized spacial score (nSPS) is 13.2. The molecule has 0 bridgehead atoms. The van der Waals surface area contributed by atoms with E-state index in [1.165, 1.54) is 0 Å². The lowest BCUT2D eigenvalue weighted by Gasteiger charge is -2.10. The van der Waals surface area contributed by atoms with Gasteiger partial charge in [-0.1, -0.05) is 0 Å². The number of rotatable bonds is 6. The van der Waals surface area contributed by atoms with Gasteiger partial charge in [0.25, 0.3) is 0 Å². The van der Waals surface area contributed by atoms with E-state index in [2.05, 4.69) is 0 Å². The molecule has 1 aromatic rings. The molecule has 9 heteroatoms. The fraction of sp³-hybridized carbons (Fsp3) is 0.300. The van der Waals surface area contributed by atoms with Gasteiger partial charge in [0.05, 0.1) is 18.3 Å². The second kappa shape index (κ2) is 6.06. The number of aromatic carboxylic acids is 1. The Kier molecular flexibility index (Phi) is 4.95. The standard InChI is InChI=1S/C10H12FNO6S/c11-8-2-1-6(10(15)16)3-9(8)19(17,18)12-4-7(14)5-13/h1-3,7,12-14H,4-5H2,(H,15,16). The summed E-state index contributed by atoms with van der Waals surface area (Å²) in [5.41, 5.74) is -0.385. The van der Waals surface area contributed by atoms with Crippen LogP contribution in [-0.2, 0) is 10.0 Å². The van der Waals surface area contributed by atoms with Crippen LogP contribution in [0.25, 0.3) is 0 Å². The van der Waals surface area contributed by atoms with E-state index < -0.39 is 46.0 Å². The summed E-state index contributed by atoms with van der Waals surface area (Å²) in [7, 11) is -4.31. The third-order valence-corrected chi connectivity index (χ3v) is 3.63. The predicted octanol–water partition coefficient (Wildman–Crippen LogP) is -0.845. The molecule has 1 rings (SSSR count). The highest BCUT2D eigenvalue weighted by Crippen LogP contribution is 2.16. The average molecular weight is 293 g/mol. The summed E-state index contributed by atoms with van der Waals surface area (Å²) in [4.78, 5) is 9.86. The Morgan fingerprint density at radius 2 is 2.05 bits per heavy atom. The van der Waals surface area contributed by atoms with Crippen molar-refractivity contribution in [2.24, 2.45) is 0 Å². The Labute approximate surface area is 108 Å². The van der Waals surface area contributed by atoms with Crippen LogP contribution in [0, 0.1) is 5.82 Å². The van der Waals surface area contributed by atoms with Crippen LogP contribution >= 0.6 is 0 Å². The lowest BCUT2D eigenvalue weighted by Crippen LogP contribution is -2.34. The Balaban J connectivity index is 3.06.